The Morgan fingerprint density at radius 2 is 2.07 bits per heavy atom. The van der Waals surface area contributed by atoms with E-state index in [4.69, 9.17) is 0 Å². The lowest BCUT2D eigenvalue weighted by atomic mass is 10.1. The van der Waals surface area contributed by atoms with Crippen molar-refractivity contribution < 1.29 is 0 Å². The van der Waals surface area contributed by atoms with E-state index < -0.39 is 0 Å². The molecule has 0 aliphatic carbocycles. The minimum Gasteiger partial charge on any atom is -0.317 e. The molecule has 4 nitrogen and oxygen atoms in total. The number of aromatic nitrogens is 3. The molecule has 1 unspecified atom stereocenters. The standard InChI is InChI=1S/C10H18N4/c1-7(2)9-6-12-14-10(13-9)5-8(3)11-4/h6-8,11H,5H2,1-4H3. The van der Waals surface area contributed by atoms with Gasteiger partial charge in [0.25, 0.3) is 0 Å². The molecule has 1 N–H and O–H groups in total. The molecule has 0 bridgehead atoms. The number of rotatable bonds is 4. The Balaban J connectivity index is 2.73. The first-order chi connectivity index (χ1) is 6.63. The van der Waals surface area contributed by atoms with Crippen LogP contribution >= 0.6 is 0 Å². The van der Waals surface area contributed by atoms with Gasteiger partial charge in [0, 0.05) is 12.5 Å². The van der Waals surface area contributed by atoms with Crippen molar-refractivity contribution in [2.45, 2.75) is 39.2 Å². The second-order valence-electron chi connectivity index (χ2n) is 3.85. The molecular weight excluding hydrogens is 176 g/mol. The largest absolute Gasteiger partial charge is 0.317 e. The smallest absolute Gasteiger partial charge is 0.152 e. The molecule has 0 saturated carbocycles. The van der Waals surface area contributed by atoms with Crippen molar-refractivity contribution in [1.29, 1.82) is 0 Å². The molecule has 78 valence electrons. The van der Waals surface area contributed by atoms with Crippen molar-refractivity contribution >= 4 is 0 Å². The van der Waals surface area contributed by atoms with Crippen molar-refractivity contribution in [2.75, 3.05) is 7.05 Å². The van der Waals surface area contributed by atoms with Crippen LogP contribution < -0.4 is 5.32 Å². The normalized spacial score (nSPS) is 13.2. The highest BCUT2D eigenvalue weighted by molar-refractivity contribution is 5.02. The maximum Gasteiger partial charge on any atom is 0.152 e. The lowest BCUT2D eigenvalue weighted by Gasteiger charge is -2.09. The summed E-state index contributed by atoms with van der Waals surface area (Å²) in [5.74, 6) is 1.23. The van der Waals surface area contributed by atoms with Crippen LogP contribution in [0.5, 0.6) is 0 Å². The van der Waals surface area contributed by atoms with Crippen molar-refractivity contribution in [2.24, 2.45) is 0 Å². The van der Waals surface area contributed by atoms with E-state index in [-0.39, 0.29) is 0 Å². The fourth-order valence-electron chi connectivity index (χ4n) is 1.10. The predicted molar refractivity (Wildman–Crippen MR) is 56.1 cm³/mol. The summed E-state index contributed by atoms with van der Waals surface area (Å²) in [4.78, 5) is 4.45. The summed E-state index contributed by atoms with van der Waals surface area (Å²) < 4.78 is 0. The van der Waals surface area contributed by atoms with E-state index in [0.717, 1.165) is 17.9 Å². The molecule has 0 amide bonds. The number of likely N-dealkylation sites (N-methyl/N-ethyl adjacent to an activating group) is 1. The van der Waals surface area contributed by atoms with Crippen molar-refractivity contribution in [3.63, 3.8) is 0 Å². The fraction of sp³-hybridized carbons (Fsp3) is 0.700. The second kappa shape index (κ2) is 5.00. The molecule has 1 rings (SSSR count). The van der Waals surface area contributed by atoms with Crippen LogP contribution in [0.15, 0.2) is 6.20 Å². The van der Waals surface area contributed by atoms with Crippen molar-refractivity contribution in [3.05, 3.63) is 17.7 Å². The molecule has 1 aromatic rings. The molecule has 0 aromatic carbocycles. The Morgan fingerprint density at radius 3 is 2.64 bits per heavy atom. The minimum atomic E-state index is 0.388. The van der Waals surface area contributed by atoms with Gasteiger partial charge < -0.3 is 5.32 Å². The Kier molecular flexibility index (Phi) is 3.95. The maximum atomic E-state index is 4.45. The first-order valence-electron chi connectivity index (χ1n) is 4.99. The Labute approximate surface area is 85.2 Å². The minimum absolute atomic E-state index is 0.388. The van der Waals surface area contributed by atoms with E-state index in [1.54, 1.807) is 6.20 Å². The van der Waals surface area contributed by atoms with Gasteiger partial charge in [-0.05, 0) is 19.9 Å². The van der Waals surface area contributed by atoms with E-state index in [9.17, 15) is 0 Å². The molecule has 14 heavy (non-hydrogen) atoms. The first-order valence-corrected chi connectivity index (χ1v) is 4.99. The summed E-state index contributed by atoms with van der Waals surface area (Å²) in [5, 5.41) is 11.1. The van der Waals surface area contributed by atoms with Gasteiger partial charge in [0.1, 0.15) is 0 Å². The third kappa shape index (κ3) is 3.03. The molecule has 1 aromatic heterocycles. The van der Waals surface area contributed by atoms with Gasteiger partial charge in [-0.15, -0.1) is 5.10 Å². The van der Waals surface area contributed by atoms with E-state index in [2.05, 4.69) is 41.3 Å². The van der Waals surface area contributed by atoms with Crippen LogP contribution in [0.25, 0.3) is 0 Å². The number of nitrogens with zero attached hydrogens (tertiary/aromatic N) is 3. The van der Waals surface area contributed by atoms with Crippen LogP contribution in [0.2, 0.25) is 0 Å². The first kappa shape index (κ1) is 11.0. The van der Waals surface area contributed by atoms with Gasteiger partial charge in [0.2, 0.25) is 0 Å². The maximum absolute atomic E-state index is 4.45. The van der Waals surface area contributed by atoms with Gasteiger partial charge in [-0.1, -0.05) is 13.8 Å². The van der Waals surface area contributed by atoms with Crippen LogP contribution in [-0.4, -0.2) is 28.3 Å². The van der Waals surface area contributed by atoms with E-state index >= 15 is 0 Å². The van der Waals surface area contributed by atoms with Gasteiger partial charge in [0.05, 0.1) is 11.9 Å². The summed E-state index contributed by atoms with van der Waals surface area (Å²) >= 11 is 0. The highest BCUT2D eigenvalue weighted by Gasteiger charge is 2.07. The topological polar surface area (TPSA) is 50.7 Å². The number of nitrogens with one attached hydrogen (secondary N) is 1. The molecule has 4 heteroatoms. The molecule has 0 aliphatic heterocycles. The van der Waals surface area contributed by atoms with Gasteiger partial charge in [-0.3, -0.25) is 0 Å². The monoisotopic (exact) mass is 194 g/mol. The molecular formula is C10H18N4. The lowest BCUT2D eigenvalue weighted by molar-refractivity contribution is 0.579. The Hall–Kier alpha value is -1.03. The lowest BCUT2D eigenvalue weighted by Crippen LogP contribution is -2.25. The average molecular weight is 194 g/mol. The zero-order chi connectivity index (χ0) is 10.6. The van der Waals surface area contributed by atoms with Gasteiger partial charge in [-0.25, -0.2) is 4.98 Å². The second-order valence-corrected chi connectivity index (χ2v) is 3.85. The average Bonchev–Trinajstić information content (AvgIpc) is 2.18. The van der Waals surface area contributed by atoms with Crippen molar-refractivity contribution in [1.82, 2.24) is 20.5 Å². The molecule has 1 atom stereocenters. The molecule has 0 aliphatic rings. The zero-order valence-corrected chi connectivity index (χ0v) is 9.28. The molecule has 0 radical (unpaired) electrons. The van der Waals surface area contributed by atoms with Gasteiger partial charge >= 0.3 is 0 Å². The quantitative estimate of drug-likeness (QED) is 0.781. The van der Waals surface area contributed by atoms with E-state index in [0.29, 0.717) is 12.0 Å². The summed E-state index contributed by atoms with van der Waals surface area (Å²) in [6.07, 6.45) is 2.56. The highest BCUT2D eigenvalue weighted by Crippen LogP contribution is 2.09. The third-order valence-electron chi connectivity index (χ3n) is 2.19. The zero-order valence-electron chi connectivity index (χ0n) is 9.28. The van der Waals surface area contributed by atoms with Crippen molar-refractivity contribution in [3.8, 4) is 0 Å². The fourth-order valence-corrected chi connectivity index (χ4v) is 1.10. The summed E-state index contributed by atoms with van der Waals surface area (Å²) in [6, 6.07) is 0.388. The van der Waals surface area contributed by atoms with E-state index in [1.807, 2.05) is 7.05 Å². The SMILES string of the molecule is CNC(C)Cc1nncc(C(C)C)n1. The summed E-state index contributed by atoms with van der Waals surface area (Å²) in [7, 11) is 1.93. The van der Waals surface area contributed by atoms with Crippen LogP contribution in [0, 0.1) is 0 Å². The van der Waals surface area contributed by atoms with Gasteiger partial charge in [-0.2, -0.15) is 5.10 Å². The number of hydrogen-bond donors (Lipinski definition) is 1. The van der Waals surface area contributed by atoms with Crippen LogP contribution in [0.4, 0.5) is 0 Å². The molecule has 0 spiro atoms. The number of hydrogen-bond acceptors (Lipinski definition) is 4. The van der Waals surface area contributed by atoms with Crippen LogP contribution in [0.3, 0.4) is 0 Å². The predicted octanol–water partition coefficient (Wildman–Crippen LogP) is 1.15. The Bertz CT molecular complexity index is 285. The van der Waals surface area contributed by atoms with Crippen LogP contribution in [-0.2, 0) is 6.42 Å². The summed E-state index contributed by atoms with van der Waals surface area (Å²) in [6.45, 7) is 6.32. The molecule has 1 heterocycles. The highest BCUT2D eigenvalue weighted by atomic mass is 15.1. The van der Waals surface area contributed by atoms with Crippen LogP contribution in [0.1, 0.15) is 38.2 Å². The van der Waals surface area contributed by atoms with E-state index in [1.165, 1.54) is 0 Å². The molecule has 0 fully saturated rings. The van der Waals surface area contributed by atoms with Gasteiger partial charge in [0.15, 0.2) is 5.82 Å². The summed E-state index contributed by atoms with van der Waals surface area (Å²) in [5.41, 5.74) is 1.01. The Morgan fingerprint density at radius 1 is 1.36 bits per heavy atom. The third-order valence-corrected chi connectivity index (χ3v) is 2.19. The molecule has 0 saturated heterocycles.